The molecule has 1 atom stereocenters. The second-order valence-electron chi connectivity index (χ2n) is 7.21. The summed E-state index contributed by atoms with van der Waals surface area (Å²) in [6, 6.07) is 8.33. The second kappa shape index (κ2) is 5.98. The van der Waals surface area contributed by atoms with Crippen LogP contribution in [0.25, 0.3) is 0 Å². The molecule has 0 radical (unpaired) electrons. The molecule has 2 N–H and O–H groups in total. The zero-order chi connectivity index (χ0) is 14.9. The van der Waals surface area contributed by atoms with Gasteiger partial charge in [-0.3, -0.25) is 4.90 Å². The average molecular weight is 288 g/mol. The molecule has 1 saturated heterocycles. The summed E-state index contributed by atoms with van der Waals surface area (Å²) >= 11 is 0. The van der Waals surface area contributed by atoms with E-state index in [0.29, 0.717) is 23.2 Å². The summed E-state index contributed by atoms with van der Waals surface area (Å²) in [7, 11) is 0. The number of piperazine rings is 1. The van der Waals surface area contributed by atoms with Crippen molar-refractivity contribution in [3.8, 4) is 5.75 Å². The molecule has 1 unspecified atom stereocenters. The van der Waals surface area contributed by atoms with Gasteiger partial charge in [0.2, 0.25) is 0 Å². The highest BCUT2D eigenvalue weighted by molar-refractivity contribution is 5.27. The number of benzene rings is 1. The number of rotatable bonds is 3. The van der Waals surface area contributed by atoms with Crippen molar-refractivity contribution in [1.82, 2.24) is 10.2 Å². The molecule has 1 spiro atoms. The van der Waals surface area contributed by atoms with E-state index in [4.69, 9.17) is 0 Å². The fourth-order valence-corrected chi connectivity index (χ4v) is 4.01. The van der Waals surface area contributed by atoms with Crippen molar-refractivity contribution in [3.05, 3.63) is 29.8 Å². The molecule has 2 fully saturated rings. The first-order chi connectivity index (χ1) is 10.1. The summed E-state index contributed by atoms with van der Waals surface area (Å²) in [4.78, 5) is 2.69. The van der Waals surface area contributed by atoms with Crippen LogP contribution in [0.4, 0.5) is 0 Å². The number of hydrogen-bond donors (Lipinski definition) is 2. The smallest absolute Gasteiger partial charge is 0.115 e. The van der Waals surface area contributed by atoms with E-state index in [0.717, 1.165) is 19.6 Å². The van der Waals surface area contributed by atoms with Crippen molar-refractivity contribution in [2.45, 2.75) is 57.7 Å². The van der Waals surface area contributed by atoms with Gasteiger partial charge in [0.1, 0.15) is 5.75 Å². The molecular weight excluding hydrogens is 260 g/mol. The van der Waals surface area contributed by atoms with Crippen LogP contribution < -0.4 is 5.32 Å². The van der Waals surface area contributed by atoms with E-state index in [-0.39, 0.29) is 0 Å². The Morgan fingerprint density at radius 1 is 1.33 bits per heavy atom. The van der Waals surface area contributed by atoms with Crippen LogP contribution in [-0.4, -0.2) is 34.7 Å². The van der Waals surface area contributed by atoms with Gasteiger partial charge in [0.15, 0.2) is 0 Å². The highest BCUT2D eigenvalue weighted by Gasteiger charge is 2.43. The summed E-state index contributed by atoms with van der Waals surface area (Å²) in [5.41, 5.74) is 1.57. The molecule has 116 valence electrons. The maximum atomic E-state index is 9.71. The quantitative estimate of drug-likeness (QED) is 0.897. The van der Waals surface area contributed by atoms with Crippen LogP contribution in [0.15, 0.2) is 24.3 Å². The van der Waals surface area contributed by atoms with E-state index >= 15 is 0 Å². The number of phenols is 1. The summed E-state index contributed by atoms with van der Waals surface area (Å²) < 4.78 is 0. The molecule has 3 rings (SSSR count). The van der Waals surface area contributed by atoms with Crippen LogP contribution in [0.5, 0.6) is 5.75 Å². The van der Waals surface area contributed by atoms with Crippen molar-refractivity contribution in [2.75, 3.05) is 13.1 Å². The Hall–Kier alpha value is -1.06. The van der Waals surface area contributed by atoms with E-state index in [1.807, 2.05) is 12.1 Å². The topological polar surface area (TPSA) is 35.5 Å². The van der Waals surface area contributed by atoms with Crippen molar-refractivity contribution in [2.24, 2.45) is 5.92 Å². The van der Waals surface area contributed by atoms with E-state index in [1.54, 1.807) is 6.07 Å². The highest BCUT2D eigenvalue weighted by atomic mass is 16.3. The fraction of sp³-hybridized carbons (Fsp3) is 0.667. The van der Waals surface area contributed by atoms with E-state index in [9.17, 15) is 5.11 Å². The summed E-state index contributed by atoms with van der Waals surface area (Å²) in [6.45, 7) is 7.80. The third-order valence-corrected chi connectivity index (χ3v) is 5.40. The Morgan fingerprint density at radius 3 is 2.76 bits per heavy atom. The van der Waals surface area contributed by atoms with Gasteiger partial charge >= 0.3 is 0 Å². The molecule has 21 heavy (non-hydrogen) atoms. The lowest BCUT2D eigenvalue weighted by Gasteiger charge is -2.49. The molecule has 0 amide bonds. The molecule has 3 nitrogen and oxygen atoms in total. The fourth-order valence-electron chi connectivity index (χ4n) is 4.01. The first kappa shape index (κ1) is 14.9. The minimum Gasteiger partial charge on any atom is -0.508 e. The van der Waals surface area contributed by atoms with Gasteiger partial charge in [-0.05, 0) is 36.5 Å². The Labute approximate surface area is 128 Å². The molecule has 2 aliphatic rings. The van der Waals surface area contributed by atoms with E-state index in [1.165, 1.54) is 31.2 Å². The number of hydrogen-bond acceptors (Lipinski definition) is 3. The van der Waals surface area contributed by atoms with Crippen LogP contribution in [0.3, 0.4) is 0 Å². The van der Waals surface area contributed by atoms with Crippen LogP contribution >= 0.6 is 0 Å². The predicted molar refractivity (Wildman–Crippen MR) is 86.3 cm³/mol. The minimum atomic E-state index is 0.344. The summed E-state index contributed by atoms with van der Waals surface area (Å²) in [5, 5.41) is 13.5. The lowest BCUT2D eigenvalue weighted by atomic mass is 9.88. The Kier molecular flexibility index (Phi) is 4.23. The first-order valence-corrected chi connectivity index (χ1v) is 8.35. The largest absolute Gasteiger partial charge is 0.508 e. The zero-order valence-electron chi connectivity index (χ0n) is 13.3. The zero-order valence-corrected chi connectivity index (χ0v) is 13.3. The van der Waals surface area contributed by atoms with Gasteiger partial charge in [-0.25, -0.2) is 0 Å². The molecule has 1 aromatic rings. The molecule has 1 aromatic carbocycles. The summed E-state index contributed by atoms with van der Waals surface area (Å²) in [6.07, 6.45) is 5.32. The first-order valence-electron chi connectivity index (χ1n) is 8.35. The minimum absolute atomic E-state index is 0.344. The highest BCUT2D eigenvalue weighted by Crippen LogP contribution is 2.38. The SMILES string of the molecule is CC(C)C1CN(Cc2cccc(O)c2)C2(CCCC2)CN1. The van der Waals surface area contributed by atoms with Gasteiger partial charge in [-0.2, -0.15) is 0 Å². The van der Waals surface area contributed by atoms with Crippen molar-refractivity contribution in [3.63, 3.8) is 0 Å². The molecule has 1 aliphatic carbocycles. The maximum Gasteiger partial charge on any atom is 0.115 e. The number of aromatic hydroxyl groups is 1. The number of phenolic OH excluding ortho intramolecular Hbond substituents is 1. The monoisotopic (exact) mass is 288 g/mol. The van der Waals surface area contributed by atoms with E-state index < -0.39 is 0 Å². The third-order valence-electron chi connectivity index (χ3n) is 5.40. The van der Waals surface area contributed by atoms with Crippen LogP contribution in [0.2, 0.25) is 0 Å². The standard InChI is InChI=1S/C18H28N2O/c1-14(2)17-12-20(11-15-6-5-7-16(21)10-15)18(13-19-17)8-3-4-9-18/h5-7,10,14,17,19,21H,3-4,8-9,11-13H2,1-2H3. The van der Waals surface area contributed by atoms with E-state index in [2.05, 4.69) is 30.1 Å². The number of nitrogens with zero attached hydrogens (tertiary/aromatic N) is 1. The van der Waals surface area contributed by atoms with Gasteiger partial charge in [0, 0.05) is 31.2 Å². The Balaban J connectivity index is 1.79. The van der Waals surface area contributed by atoms with Crippen molar-refractivity contribution >= 4 is 0 Å². The average Bonchev–Trinajstić information content (AvgIpc) is 2.91. The third kappa shape index (κ3) is 3.09. The molecule has 0 aromatic heterocycles. The van der Waals surface area contributed by atoms with Gasteiger partial charge in [-0.1, -0.05) is 38.8 Å². The Morgan fingerprint density at radius 2 is 2.10 bits per heavy atom. The van der Waals surface area contributed by atoms with Crippen molar-refractivity contribution in [1.29, 1.82) is 0 Å². The van der Waals surface area contributed by atoms with Gasteiger partial charge in [-0.15, -0.1) is 0 Å². The maximum absolute atomic E-state index is 9.71. The molecule has 1 heterocycles. The normalized spacial score (nSPS) is 25.8. The predicted octanol–water partition coefficient (Wildman–Crippen LogP) is 3.13. The van der Waals surface area contributed by atoms with Crippen molar-refractivity contribution < 1.29 is 5.11 Å². The van der Waals surface area contributed by atoms with Crippen LogP contribution in [-0.2, 0) is 6.54 Å². The van der Waals surface area contributed by atoms with Crippen LogP contribution in [0.1, 0.15) is 45.1 Å². The molecule has 1 saturated carbocycles. The van der Waals surface area contributed by atoms with Gasteiger partial charge in [0.25, 0.3) is 0 Å². The van der Waals surface area contributed by atoms with Gasteiger partial charge < -0.3 is 10.4 Å². The second-order valence-corrected chi connectivity index (χ2v) is 7.21. The Bertz CT molecular complexity index is 480. The van der Waals surface area contributed by atoms with Gasteiger partial charge in [0.05, 0.1) is 0 Å². The number of nitrogens with one attached hydrogen (secondary N) is 1. The molecule has 3 heteroatoms. The lowest BCUT2D eigenvalue weighted by Crippen LogP contribution is -2.64. The molecule has 0 bridgehead atoms. The molecular formula is C18H28N2O. The molecule has 1 aliphatic heterocycles. The summed E-state index contributed by atoms with van der Waals surface area (Å²) in [5.74, 6) is 1.04. The lowest BCUT2D eigenvalue weighted by molar-refractivity contribution is 0.0260. The van der Waals surface area contributed by atoms with Crippen LogP contribution in [0, 0.1) is 5.92 Å².